The molecular weight excluding hydrogens is 665 g/mol. The summed E-state index contributed by atoms with van der Waals surface area (Å²) in [5, 5.41) is 0. The molecule has 6 aromatic carbocycles. The zero-order valence-electron chi connectivity index (χ0n) is 32.6. The van der Waals surface area contributed by atoms with Gasteiger partial charge in [-0.15, -0.1) is 0 Å². The molecule has 0 aliphatic heterocycles. The lowest BCUT2D eigenvalue weighted by atomic mass is 9.72. The molecule has 0 amide bonds. The third kappa shape index (κ3) is 7.39. The van der Waals surface area contributed by atoms with Crippen LogP contribution in [0.5, 0.6) is 0 Å². The zero-order valence-corrected chi connectivity index (χ0v) is 32.6. The molecule has 0 spiro atoms. The maximum absolute atomic E-state index is 14.1. The number of benzene rings is 6. The van der Waals surface area contributed by atoms with E-state index in [1.807, 2.05) is 84.9 Å². The van der Waals surface area contributed by atoms with Crippen LogP contribution in [0.15, 0.2) is 158 Å². The molecule has 0 saturated heterocycles. The largest absolute Gasteiger partial charge is 0.386 e. The second-order valence-electron chi connectivity index (χ2n) is 16.2. The highest BCUT2D eigenvalue weighted by atomic mass is 17.2. The third-order valence-electron chi connectivity index (χ3n) is 11.4. The van der Waals surface area contributed by atoms with Crippen molar-refractivity contribution in [3.8, 4) is 0 Å². The molecule has 0 saturated carbocycles. The van der Waals surface area contributed by atoms with Gasteiger partial charge in [0.1, 0.15) is 0 Å². The summed E-state index contributed by atoms with van der Waals surface area (Å²) >= 11 is 0. The minimum atomic E-state index is -0.739. The second-order valence-corrected chi connectivity index (χ2v) is 16.2. The fraction of sp³-hybridized carbons (Fsp3) is 0.240. The monoisotopic (exact) mass is 714 g/mol. The lowest BCUT2D eigenvalue weighted by Gasteiger charge is -2.32. The summed E-state index contributed by atoms with van der Waals surface area (Å²) in [6, 6.07) is 52.5. The fourth-order valence-electron chi connectivity index (χ4n) is 7.49. The Morgan fingerprint density at radius 3 is 0.870 bits per heavy atom. The maximum Gasteiger partial charge on any atom is 0.386 e. The van der Waals surface area contributed by atoms with Crippen molar-refractivity contribution >= 4 is 11.9 Å². The van der Waals surface area contributed by atoms with Gasteiger partial charge in [0.05, 0.1) is 11.1 Å². The quantitative estimate of drug-likeness (QED) is 0.105. The first kappa shape index (κ1) is 38.0. The Balaban J connectivity index is 1.36. The van der Waals surface area contributed by atoms with E-state index in [0.29, 0.717) is 11.1 Å². The first-order valence-corrected chi connectivity index (χ1v) is 18.6. The molecule has 0 heterocycles. The average Bonchev–Trinajstić information content (AvgIpc) is 3.20. The Morgan fingerprint density at radius 1 is 0.333 bits per heavy atom. The Hall–Kier alpha value is -5.74. The molecule has 0 radical (unpaired) electrons. The zero-order chi connectivity index (χ0) is 38.7. The van der Waals surface area contributed by atoms with E-state index in [1.165, 1.54) is 0 Å². The molecule has 54 heavy (non-hydrogen) atoms. The van der Waals surface area contributed by atoms with Crippen molar-refractivity contribution in [2.75, 3.05) is 0 Å². The third-order valence-corrected chi connectivity index (χ3v) is 11.4. The van der Waals surface area contributed by atoms with E-state index in [1.54, 1.807) is 12.1 Å². The van der Waals surface area contributed by atoms with E-state index in [-0.39, 0.29) is 10.8 Å². The van der Waals surface area contributed by atoms with Gasteiger partial charge in [-0.1, -0.05) is 201 Å². The topological polar surface area (TPSA) is 52.6 Å². The number of carbonyl (C=O) groups is 2. The maximum atomic E-state index is 14.1. The van der Waals surface area contributed by atoms with Gasteiger partial charge in [-0.3, -0.25) is 0 Å². The van der Waals surface area contributed by atoms with E-state index in [9.17, 15) is 9.59 Å². The summed E-state index contributed by atoms with van der Waals surface area (Å²) in [5.41, 5.74) is 6.83. The van der Waals surface area contributed by atoms with Crippen LogP contribution < -0.4 is 0 Å². The molecule has 0 aliphatic rings. The summed E-state index contributed by atoms with van der Waals surface area (Å²) in [6.07, 6.45) is 0. The van der Waals surface area contributed by atoms with Gasteiger partial charge in [-0.25, -0.2) is 19.4 Å². The minimum Gasteiger partial charge on any atom is -0.241 e. The second kappa shape index (κ2) is 14.9. The number of hydrogen-bond acceptors (Lipinski definition) is 4. The molecule has 4 heteroatoms. The molecule has 0 aromatic heterocycles. The van der Waals surface area contributed by atoms with E-state index in [2.05, 4.69) is 116 Å². The Morgan fingerprint density at radius 2 is 0.593 bits per heavy atom. The number of hydrogen-bond donors (Lipinski definition) is 0. The van der Waals surface area contributed by atoms with E-state index >= 15 is 0 Å². The van der Waals surface area contributed by atoms with Crippen LogP contribution in [0.25, 0.3) is 0 Å². The van der Waals surface area contributed by atoms with Crippen LogP contribution in [0, 0.1) is 0 Å². The van der Waals surface area contributed by atoms with Crippen LogP contribution in [-0.2, 0) is 31.4 Å². The van der Waals surface area contributed by atoms with Gasteiger partial charge in [-0.2, -0.15) is 0 Å². The first-order chi connectivity index (χ1) is 25.6. The predicted molar refractivity (Wildman–Crippen MR) is 218 cm³/mol. The van der Waals surface area contributed by atoms with Crippen molar-refractivity contribution in [3.63, 3.8) is 0 Å². The van der Waals surface area contributed by atoms with Gasteiger partial charge < -0.3 is 0 Å². The van der Waals surface area contributed by atoms with E-state index in [0.717, 1.165) is 44.5 Å². The van der Waals surface area contributed by atoms with Crippen LogP contribution in [0.4, 0.5) is 0 Å². The molecule has 4 nitrogen and oxygen atoms in total. The highest BCUT2D eigenvalue weighted by Gasteiger charge is 2.35. The van der Waals surface area contributed by atoms with Crippen LogP contribution in [0.3, 0.4) is 0 Å². The smallest absolute Gasteiger partial charge is 0.241 e. The molecule has 0 N–H and O–H groups in total. The van der Waals surface area contributed by atoms with Crippen molar-refractivity contribution < 1.29 is 19.4 Å². The highest BCUT2D eigenvalue weighted by Crippen LogP contribution is 2.41. The van der Waals surface area contributed by atoms with Gasteiger partial charge in [0.25, 0.3) is 0 Å². The molecule has 0 atom stereocenters. The highest BCUT2D eigenvalue weighted by molar-refractivity contribution is 5.95. The van der Waals surface area contributed by atoms with Gasteiger partial charge in [-0.05, 0) is 56.6 Å². The number of carbonyl (C=O) groups excluding carboxylic acids is 2. The summed E-state index contributed by atoms with van der Waals surface area (Å²) in [7, 11) is 0. The Labute approximate surface area is 320 Å². The molecule has 0 unspecified atom stereocenters. The summed E-state index contributed by atoms with van der Waals surface area (Å²) < 4.78 is 0. The van der Waals surface area contributed by atoms with Crippen LogP contribution in [-0.4, -0.2) is 11.9 Å². The minimum absolute atomic E-state index is 0.328. The van der Waals surface area contributed by atoms with Gasteiger partial charge in [0.2, 0.25) is 0 Å². The average molecular weight is 715 g/mol. The Kier molecular flexibility index (Phi) is 10.5. The molecular formula is C50H50O4. The first-order valence-electron chi connectivity index (χ1n) is 18.6. The number of rotatable bonds is 10. The summed E-state index contributed by atoms with van der Waals surface area (Å²) in [5.74, 6) is -1.48. The SMILES string of the molecule is CC(C)(c1ccccc1)c1ccc(C(=O)OOC(=O)c2ccc(C(C)(C)c3ccccc3)cc2C(C)(C)c2ccccc2)c(C(C)(C)c2ccccc2)c1. The van der Waals surface area contributed by atoms with Crippen molar-refractivity contribution in [2.24, 2.45) is 0 Å². The molecule has 6 aromatic rings. The van der Waals surface area contributed by atoms with E-state index < -0.39 is 22.8 Å². The normalized spacial score (nSPS) is 12.2. The lowest BCUT2D eigenvalue weighted by Crippen LogP contribution is -2.27. The summed E-state index contributed by atoms with van der Waals surface area (Å²) in [4.78, 5) is 39.1. The molecule has 0 bridgehead atoms. The van der Waals surface area contributed by atoms with Gasteiger partial charge >= 0.3 is 11.9 Å². The van der Waals surface area contributed by atoms with Crippen LogP contribution >= 0.6 is 0 Å². The van der Waals surface area contributed by atoms with Gasteiger partial charge in [0, 0.05) is 21.7 Å². The van der Waals surface area contributed by atoms with Crippen molar-refractivity contribution in [1.82, 2.24) is 0 Å². The van der Waals surface area contributed by atoms with E-state index in [4.69, 9.17) is 9.78 Å². The fourth-order valence-corrected chi connectivity index (χ4v) is 7.49. The molecule has 0 fully saturated rings. The summed E-state index contributed by atoms with van der Waals surface area (Å²) in [6.45, 7) is 17.1. The van der Waals surface area contributed by atoms with Crippen LogP contribution in [0.1, 0.15) is 121 Å². The molecule has 6 rings (SSSR count). The van der Waals surface area contributed by atoms with Gasteiger partial charge in [0.15, 0.2) is 0 Å². The Bertz CT molecular complexity index is 2070. The lowest BCUT2D eigenvalue weighted by molar-refractivity contribution is -0.187. The van der Waals surface area contributed by atoms with Crippen molar-refractivity contribution in [1.29, 1.82) is 0 Å². The van der Waals surface area contributed by atoms with Crippen molar-refractivity contribution in [3.05, 3.63) is 213 Å². The van der Waals surface area contributed by atoms with Crippen molar-refractivity contribution in [2.45, 2.75) is 77.0 Å². The molecule has 274 valence electrons. The predicted octanol–water partition coefficient (Wildman–Crippen LogP) is 11.9. The van der Waals surface area contributed by atoms with Crippen LogP contribution in [0.2, 0.25) is 0 Å². The standard InChI is InChI=1S/C50H50O4/c1-47(2,35-21-13-9-14-22-35)39-29-31-41(43(33-39)49(5,6)37-25-17-11-18-26-37)45(51)53-54-46(52)42-32-30-40(48(3,4)36-23-15-10-16-24-36)34-44(42)50(7,8)38-27-19-12-20-28-38/h9-34H,1-8H3. The molecule has 0 aliphatic carbocycles.